The minimum atomic E-state index is -3.39. The van der Waals surface area contributed by atoms with Gasteiger partial charge in [0.2, 0.25) is 0 Å². The fourth-order valence-electron chi connectivity index (χ4n) is 4.14. The van der Waals surface area contributed by atoms with Gasteiger partial charge in [0, 0.05) is 23.1 Å². The van der Waals surface area contributed by atoms with E-state index in [2.05, 4.69) is 4.99 Å². The third-order valence-corrected chi connectivity index (χ3v) is 7.33. The third-order valence-electron chi connectivity index (χ3n) is 5.11. The molecular weight excluding hydrogens is 346 g/mol. The molecule has 0 radical (unpaired) electrons. The standard InChI is InChI=1S/C18H18ClNO3S/c19-12-5-1-4-11(10-12)16-17-13(6-2-8-15(17)21)20-14-7-3-9-24(22,23)18(14)16/h1,4-5,10,16-17H,2-3,6-9H2. The molecule has 126 valence electrons. The average molecular weight is 364 g/mol. The van der Waals surface area contributed by atoms with Gasteiger partial charge < -0.3 is 0 Å². The molecule has 4 nitrogen and oxygen atoms in total. The molecule has 2 heterocycles. The Labute approximate surface area is 146 Å². The Morgan fingerprint density at radius 2 is 1.92 bits per heavy atom. The van der Waals surface area contributed by atoms with Gasteiger partial charge in [-0.3, -0.25) is 9.79 Å². The van der Waals surface area contributed by atoms with Crippen LogP contribution in [0.2, 0.25) is 5.02 Å². The first-order valence-electron chi connectivity index (χ1n) is 8.29. The highest BCUT2D eigenvalue weighted by Gasteiger charge is 2.46. The number of sulfone groups is 1. The van der Waals surface area contributed by atoms with Crippen molar-refractivity contribution in [2.24, 2.45) is 10.9 Å². The molecule has 2 atom stereocenters. The number of carbonyl (C=O) groups excluding carboxylic acids is 1. The van der Waals surface area contributed by atoms with Gasteiger partial charge in [-0.15, -0.1) is 0 Å². The first-order valence-corrected chi connectivity index (χ1v) is 10.3. The summed E-state index contributed by atoms with van der Waals surface area (Å²) in [6.45, 7) is 0. The number of halogens is 1. The van der Waals surface area contributed by atoms with Crippen molar-refractivity contribution in [2.45, 2.75) is 38.0 Å². The van der Waals surface area contributed by atoms with Crippen molar-refractivity contribution in [3.05, 3.63) is 45.5 Å². The van der Waals surface area contributed by atoms with Gasteiger partial charge in [0.25, 0.3) is 0 Å². The quantitative estimate of drug-likeness (QED) is 0.764. The third kappa shape index (κ3) is 2.54. The first-order chi connectivity index (χ1) is 11.5. The van der Waals surface area contributed by atoms with Crippen LogP contribution in [0, 0.1) is 5.92 Å². The first kappa shape index (κ1) is 16.0. The summed E-state index contributed by atoms with van der Waals surface area (Å²) in [4.78, 5) is 17.6. The highest BCUT2D eigenvalue weighted by atomic mass is 35.5. The lowest BCUT2D eigenvalue weighted by Crippen LogP contribution is -2.40. The number of carbonyl (C=O) groups is 1. The summed E-state index contributed by atoms with van der Waals surface area (Å²) in [7, 11) is -3.39. The number of fused-ring (bicyclic) bond motifs is 1. The molecule has 4 rings (SSSR count). The highest BCUT2D eigenvalue weighted by molar-refractivity contribution is 7.95. The number of hydrogen-bond donors (Lipinski definition) is 0. The van der Waals surface area contributed by atoms with Gasteiger partial charge in [-0.2, -0.15) is 0 Å². The van der Waals surface area contributed by atoms with Gasteiger partial charge in [-0.25, -0.2) is 8.42 Å². The summed E-state index contributed by atoms with van der Waals surface area (Å²) in [6, 6.07) is 7.23. The molecule has 2 aliphatic heterocycles. The zero-order valence-corrected chi connectivity index (χ0v) is 14.7. The second kappa shape index (κ2) is 5.81. The molecule has 0 spiro atoms. The molecule has 1 aromatic carbocycles. The van der Waals surface area contributed by atoms with E-state index in [1.165, 1.54) is 0 Å². The summed E-state index contributed by atoms with van der Waals surface area (Å²) in [5, 5.41) is 0.551. The molecule has 2 unspecified atom stereocenters. The highest BCUT2D eigenvalue weighted by Crippen LogP contribution is 2.47. The van der Waals surface area contributed by atoms with E-state index in [1.54, 1.807) is 12.1 Å². The predicted octanol–water partition coefficient (Wildman–Crippen LogP) is 3.67. The van der Waals surface area contributed by atoms with Crippen molar-refractivity contribution in [3.63, 3.8) is 0 Å². The fourth-order valence-corrected chi connectivity index (χ4v) is 6.25. The Balaban J connectivity index is 1.96. The monoisotopic (exact) mass is 363 g/mol. The Kier molecular flexibility index (Phi) is 3.88. The van der Waals surface area contributed by atoms with Crippen LogP contribution in [0.15, 0.2) is 39.9 Å². The summed E-state index contributed by atoms with van der Waals surface area (Å²) in [5.41, 5.74) is 2.31. The van der Waals surface area contributed by atoms with Crippen LogP contribution in [-0.4, -0.2) is 25.7 Å². The maximum atomic E-state index is 12.8. The molecule has 0 bridgehead atoms. The smallest absolute Gasteiger partial charge is 0.177 e. The number of benzene rings is 1. The topological polar surface area (TPSA) is 63.6 Å². The number of aliphatic imine (C=N–C) groups is 1. The minimum absolute atomic E-state index is 0.0947. The fraction of sp³-hybridized carbons (Fsp3) is 0.444. The van der Waals surface area contributed by atoms with E-state index >= 15 is 0 Å². The molecule has 24 heavy (non-hydrogen) atoms. The number of allylic oxidation sites excluding steroid dienone is 2. The van der Waals surface area contributed by atoms with E-state index in [0.29, 0.717) is 34.9 Å². The van der Waals surface area contributed by atoms with Gasteiger partial charge in [-0.05, 0) is 43.4 Å². The Morgan fingerprint density at radius 1 is 1.08 bits per heavy atom. The van der Waals surface area contributed by atoms with E-state index in [4.69, 9.17) is 11.6 Å². The molecule has 0 aromatic heterocycles. The van der Waals surface area contributed by atoms with Crippen LogP contribution in [0.1, 0.15) is 43.6 Å². The van der Waals surface area contributed by atoms with E-state index in [1.807, 2.05) is 12.1 Å². The van der Waals surface area contributed by atoms with Crippen molar-refractivity contribution in [2.75, 3.05) is 5.75 Å². The van der Waals surface area contributed by atoms with Gasteiger partial charge in [-0.1, -0.05) is 23.7 Å². The van der Waals surface area contributed by atoms with Gasteiger partial charge in [0.05, 0.1) is 22.3 Å². The lowest BCUT2D eigenvalue weighted by molar-refractivity contribution is -0.121. The van der Waals surface area contributed by atoms with Gasteiger partial charge in [0.15, 0.2) is 9.84 Å². The molecule has 3 aliphatic rings. The average Bonchev–Trinajstić information content (AvgIpc) is 2.53. The van der Waals surface area contributed by atoms with Crippen molar-refractivity contribution in [3.8, 4) is 0 Å². The van der Waals surface area contributed by atoms with E-state index in [9.17, 15) is 13.2 Å². The molecule has 6 heteroatoms. The Bertz CT molecular complexity index is 885. The SMILES string of the molecule is O=C1CCCC2=NC3=C(C(c4cccc(Cl)c4)C12)S(=O)(=O)CCC3. The molecule has 1 aromatic rings. The van der Waals surface area contributed by atoms with Crippen molar-refractivity contribution >= 4 is 32.9 Å². The lowest BCUT2D eigenvalue weighted by atomic mass is 9.72. The van der Waals surface area contributed by atoms with E-state index in [-0.39, 0.29) is 11.5 Å². The molecule has 0 saturated heterocycles. The molecule has 0 N–H and O–H groups in total. The summed E-state index contributed by atoms with van der Waals surface area (Å²) >= 11 is 6.14. The minimum Gasteiger partial charge on any atom is -0.299 e. The van der Waals surface area contributed by atoms with E-state index in [0.717, 1.165) is 24.1 Å². The molecule has 1 fully saturated rings. The molecule has 1 aliphatic carbocycles. The van der Waals surface area contributed by atoms with Gasteiger partial charge >= 0.3 is 0 Å². The Hall–Kier alpha value is -1.46. The molecular formula is C18H18ClNO3S. The van der Waals surface area contributed by atoms with Crippen LogP contribution >= 0.6 is 11.6 Å². The van der Waals surface area contributed by atoms with Gasteiger partial charge in [0.1, 0.15) is 5.78 Å². The van der Waals surface area contributed by atoms with Crippen molar-refractivity contribution in [1.29, 1.82) is 0 Å². The number of Topliss-reactive ketones (excluding diaryl/α,β-unsaturated/α-hetero) is 1. The van der Waals surface area contributed by atoms with Crippen molar-refractivity contribution < 1.29 is 13.2 Å². The summed E-state index contributed by atoms with van der Waals surface area (Å²) < 4.78 is 25.6. The molecule has 1 saturated carbocycles. The lowest BCUT2D eigenvalue weighted by Gasteiger charge is -2.38. The largest absolute Gasteiger partial charge is 0.299 e. The maximum absolute atomic E-state index is 12.8. The predicted molar refractivity (Wildman–Crippen MR) is 94.0 cm³/mol. The molecule has 0 amide bonds. The zero-order valence-electron chi connectivity index (χ0n) is 13.2. The summed E-state index contributed by atoms with van der Waals surface area (Å²) in [5.74, 6) is -0.695. The van der Waals surface area contributed by atoms with Crippen molar-refractivity contribution in [1.82, 2.24) is 0 Å². The van der Waals surface area contributed by atoms with Crippen LogP contribution in [0.4, 0.5) is 0 Å². The Morgan fingerprint density at radius 3 is 2.71 bits per heavy atom. The number of rotatable bonds is 1. The number of ketones is 1. The number of nitrogens with zero attached hydrogens (tertiary/aromatic N) is 1. The maximum Gasteiger partial charge on any atom is 0.177 e. The van der Waals surface area contributed by atoms with E-state index < -0.39 is 21.7 Å². The normalized spacial score (nSPS) is 28.9. The van der Waals surface area contributed by atoms with Crippen LogP contribution in [0.25, 0.3) is 0 Å². The van der Waals surface area contributed by atoms with Crippen LogP contribution in [0.3, 0.4) is 0 Å². The zero-order chi connectivity index (χ0) is 16.9. The van der Waals surface area contributed by atoms with Crippen LogP contribution in [0.5, 0.6) is 0 Å². The van der Waals surface area contributed by atoms with Crippen LogP contribution in [-0.2, 0) is 14.6 Å². The summed E-state index contributed by atoms with van der Waals surface area (Å²) in [6.07, 6.45) is 3.31. The number of hydrogen-bond acceptors (Lipinski definition) is 4. The second-order valence-electron chi connectivity index (χ2n) is 6.67. The second-order valence-corrected chi connectivity index (χ2v) is 9.18. The van der Waals surface area contributed by atoms with Crippen LogP contribution < -0.4 is 0 Å².